The number of carbonyl (C=O) groups excluding carboxylic acids is 2. The molecule has 250 valence electrons. The van der Waals surface area contributed by atoms with E-state index < -0.39 is 16.1 Å². The summed E-state index contributed by atoms with van der Waals surface area (Å²) in [6, 6.07) is 28.8. The van der Waals surface area contributed by atoms with Crippen LogP contribution in [0.5, 0.6) is 0 Å². The van der Waals surface area contributed by atoms with Gasteiger partial charge in [0.1, 0.15) is 12.4 Å². The summed E-state index contributed by atoms with van der Waals surface area (Å²) in [6.45, 7) is 4.42. The third-order valence-electron chi connectivity index (χ3n) is 8.80. The molecule has 2 aliphatic rings. The maximum absolute atomic E-state index is 12.4. The van der Waals surface area contributed by atoms with Gasteiger partial charge in [-0.3, -0.25) is 9.59 Å². The molecule has 0 unspecified atom stereocenters. The molecule has 2 saturated heterocycles. The van der Waals surface area contributed by atoms with Crippen LogP contribution in [0.1, 0.15) is 18.3 Å². The third-order valence-corrected chi connectivity index (χ3v) is 10.8. The number of hydrogen-bond donors (Lipinski definition) is 1. The van der Waals surface area contributed by atoms with Gasteiger partial charge in [0.25, 0.3) is 5.91 Å². The number of amides is 2. The summed E-state index contributed by atoms with van der Waals surface area (Å²) < 4.78 is 29.7. The zero-order valence-electron chi connectivity index (χ0n) is 26.5. The van der Waals surface area contributed by atoms with Gasteiger partial charge in [0, 0.05) is 54.2 Å². The Labute approximate surface area is 294 Å². The zero-order valence-corrected chi connectivity index (χ0v) is 28.8. The Morgan fingerprint density at radius 1 is 0.796 bits per heavy atom. The molecule has 0 bridgehead atoms. The first kappa shape index (κ1) is 32.7. The molecular weight excluding hydrogens is 683 g/mol. The van der Waals surface area contributed by atoms with Gasteiger partial charge in [0.15, 0.2) is 0 Å². The lowest BCUT2D eigenvalue weighted by Gasteiger charge is -2.35. The Kier molecular flexibility index (Phi) is 8.82. The molecule has 2 fully saturated rings. The highest BCUT2D eigenvalue weighted by atomic mass is 35.5. The number of halogens is 2. The Morgan fingerprint density at radius 3 is 2.06 bits per heavy atom. The maximum atomic E-state index is 12.4. The summed E-state index contributed by atoms with van der Waals surface area (Å²) in [5.74, 6) is 0.323. The van der Waals surface area contributed by atoms with Gasteiger partial charge in [0.2, 0.25) is 5.91 Å². The van der Waals surface area contributed by atoms with Crippen LogP contribution in [0.15, 0.2) is 97.2 Å². The molecule has 1 N–H and O–H groups in total. The number of carbonyl (C=O) groups is 2. The first-order chi connectivity index (χ1) is 23.6. The molecule has 7 rings (SSSR count). The number of piperazine rings is 1. The van der Waals surface area contributed by atoms with Crippen molar-refractivity contribution in [3.8, 4) is 28.1 Å². The Morgan fingerprint density at radius 2 is 1.45 bits per heavy atom. The number of likely N-dealkylation sites (N-methyl/N-ethyl adjacent to an activating group) is 1. The number of rotatable bonds is 8. The number of anilines is 2. The van der Waals surface area contributed by atoms with Crippen molar-refractivity contribution in [3.63, 3.8) is 0 Å². The lowest BCUT2D eigenvalue weighted by atomic mass is 10.0. The van der Waals surface area contributed by atoms with E-state index in [2.05, 4.69) is 53.4 Å². The highest BCUT2D eigenvalue weighted by Crippen LogP contribution is 2.32. The first-order valence-electron chi connectivity index (χ1n) is 15.8. The van der Waals surface area contributed by atoms with Crippen LogP contribution in [0.25, 0.3) is 28.1 Å². The van der Waals surface area contributed by atoms with Gasteiger partial charge in [-0.1, -0.05) is 59.6 Å². The van der Waals surface area contributed by atoms with Crippen molar-refractivity contribution in [2.45, 2.75) is 13.3 Å². The number of nitrogens with zero attached hydrogens (tertiary/aromatic N) is 5. The molecule has 2 aliphatic heterocycles. The van der Waals surface area contributed by atoms with Crippen LogP contribution >= 0.6 is 23.2 Å². The van der Waals surface area contributed by atoms with Gasteiger partial charge in [0.05, 0.1) is 22.9 Å². The summed E-state index contributed by atoms with van der Waals surface area (Å²) in [6.07, 6.45) is 2.39. The normalized spacial score (nSPS) is 15.9. The molecule has 5 aromatic rings. The first-order valence-corrected chi connectivity index (χ1v) is 18.0. The van der Waals surface area contributed by atoms with E-state index in [0.717, 1.165) is 63.4 Å². The topological polar surface area (TPSA) is 108 Å². The molecule has 4 aromatic carbocycles. The van der Waals surface area contributed by atoms with Gasteiger partial charge in [-0.15, -0.1) is 0 Å². The van der Waals surface area contributed by atoms with Crippen molar-refractivity contribution in [1.29, 1.82) is 0 Å². The SMILES string of the molecule is CCN1CCN(c2ccc(-c3ccc(Cc4nc(-c5ccc(Cl)cc5Cl)cn4-c4ccc(N5CC(=O)NS5(=O)=O)cc4)cc3)cc2)CC1=O. The number of aromatic nitrogens is 2. The highest BCUT2D eigenvalue weighted by molar-refractivity contribution is 7.92. The fraction of sp³-hybridized carbons (Fsp3) is 0.194. The lowest BCUT2D eigenvalue weighted by molar-refractivity contribution is -0.130. The molecular formula is C36H32Cl2N6O4S. The van der Waals surface area contributed by atoms with Gasteiger partial charge in [-0.2, -0.15) is 8.42 Å². The minimum absolute atomic E-state index is 0.155. The standard InChI is InChI=1S/C36H32Cl2N6O4S/c1-2-41-17-18-42(23-36(41)46)28-10-7-26(8-11-28)25-5-3-24(4-6-25)19-34-39-33(31-16-9-27(37)20-32(31)38)21-43(34)29-12-14-30(15-13-29)44-22-35(45)40-49(44,47)48/h3-16,20-21H,2,17-19,22-23H2,1H3,(H,40,45). The second-order valence-corrected chi connectivity index (χ2v) is 14.3. The van der Waals surface area contributed by atoms with Crippen LogP contribution in [-0.4, -0.2) is 67.4 Å². The molecule has 13 heteroatoms. The third kappa shape index (κ3) is 6.74. The van der Waals surface area contributed by atoms with E-state index >= 15 is 0 Å². The molecule has 0 atom stereocenters. The van der Waals surface area contributed by atoms with Crippen molar-refractivity contribution in [3.05, 3.63) is 119 Å². The number of hydrogen-bond acceptors (Lipinski definition) is 6. The van der Waals surface area contributed by atoms with E-state index in [1.807, 2.05) is 33.4 Å². The van der Waals surface area contributed by atoms with Crippen LogP contribution in [0, 0.1) is 0 Å². The summed E-state index contributed by atoms with van der Waals surface area (Å²) in [5, 5.41) is 0.995. The quantitative estimate of drug-likeness (QED) is 0.213. The molecule has 0 aliphatic carbocycles. The fourth-order valence-electron chi connectivity index (χ4n) is 6.18. The van der Waals surface area contributed by atoms with Crippen LogP contribution in [-0.2, 0) is 26.2 Å². The van der Waals surface area contributed by atoms with Gasteiger partial charge >= 0.3 is 10.2 Å². The molecule has 0 radical (unpaired) electrons. The van der Waals surface area contributed by atoms with E-state index in [4.69, 9.17) is 28.2 Å². The second-order valence-electron chi connectivity index (χ2n) is 11.9. The second kappa shape index (κ2) is 13.2. The summed E-state index contributed by atoms with van der Waals surface area (Å²) >= 11 is 12.7. The molecule has 0 spiro atoms. The van der Waals surface area contributed by atoms with Crippen molar-refractivity contribution < 1.29 is 18.0 Å². The molecule has 0 saturated carbocycles. The van der Waals surface area contributed by atoms with Crippen molar-refractivity contribution in [2.75, 3.05) is 41.9 Å². The van der Waals surface area contributed by atoms with Crippen molar-refractivity contribution in [1.82, 2.24) is 19.2 Å². The molecule has 2 amide bonds. The van der Waals surface area contributed by atoms with Crippen LogP contribution in [0.4, 0.5) is 11.4 Å². The average Bonchev–Trinajstić information content (AvgIpc) is 3.63. The van der Waals surface area contributed by atoms with Gasteiger partial charge in [-0.25, -0.2) is 14.0 Å². The van der Waals surface area contributed by atoms with Gasteiger partial charge < -0.3 is 14.4 Å². The number of nitrogens with one attached hydrogen (secondary N) is 1. The summed E-state index contributed by atoms with van der Waals surface area (Å²) in [5.41, 5.74) is 6.74. The summed E-state index contributed by atoms with van der Waals surface area (Å²) in [4.78, 5) is 33.1. The highest BCUT2D eigenvalue weighted by Gasteiger charge is 2.34. The maximum Gasteiger partial charge on any atom is 0.326 e. The molecule has 3 heterocycles. The molecule has 1 aromatic heterocycles. The van der Waals surface area contributed by atoms with E-state index in [0.29, 0.717) is 34.4 Å². The van der Waals surface area contributed by atoms with Crippen LogP contribution in [0.3, 0.4) is 0 Å². The molecule has 10 nitrogen and oxygen atoms in total. The fourth-order valence-corrected chi connectivity index (χ4v) is 7.83. The Hall–Kier alpha value is -4.84. The number of benzene rings is 4. The minimum Gasteiger partial charge on any atom is -0.360 e. The minimum atomic E-state index is -3.92. The largest absolute Gasteiger partial charge is 0.360 e. The predicted octanol–water partition coefficient (Wildman–Crippen LogP) is 5.95. The van der Waals surface area contributed by atoms with Crippen molar-refractivity contribution >= 4 is 56.6 Å². The monoisotopic (exact) mass is 714 g/mol. The number of imidazole rings is 1. The van der Waals surface area contributed by atoms with E-state index in [1.54, 1.807) is 36.4 Å². The van der Waals surface area contributed by atoms with Crippen LogP contribution in [0.2, 0.25) is 10.0 Å². The average molecular weight is 716 g/mol. The molecule has 49 heavy (non-hydrogen) atoms. The summed E-state index contributed by atoms with van der Waals surface area (Å²) in [7, 11) is -3.92. The van der Waals surface area contributed by atoms with E-state index in [1.165, 1.54) is 0 Å². The lowest BCUT2D eigenvalue weighted by Crippen LogP contribution is -2.50. The Bertz CT molecular complexity index is 2150. The van der Waals surface area contributed by atoms with Crippen LogP contribution < -0.4 is 13.9 Å². The zero-order chi connectivity index (χ0) is 34.3. The van der Waals surface area contributed by atoms with E-state index in [-0.39, 0.29) is 12.5 Å². The van der Waals surface area contributed by atoms with Crippen molar-refractivity contribution in [2.24, 2.45) is 0 Å². The smallest absolute Gasteiger partial charge is 0.326 e. The van der Waals surface area contributed by atoms with Gasteiger partial charge in [-0.05, 0) is 78.2 Å². The Balaban J connectivity index is 1.14. The van der Waals surface area contributed by atoms with E-state index in [9.17, 15) is 18.0 Å². The predicted molar refractivity (Wildman–Crippen MR) is 193 cm³/mol.